The predicted octanol–water partition coefficient (Wildman–Crippen LogP) is 1.10. The van der Waals surface area contributed by atoms with Gasteiger partial charge in [0.15, 0.2) is 0 Å². The van der Waals surface area contributed by atoms with Gasteiger partial charge in [0.2, 0.25) is 15.9 Å². The van der Waals surface area contributed by atoms with E-state index in [2.05, 4.69) is 5.32 Å². The molecule has 27 heavy (non-hydrogen) atoms. The Morgan fingerprint density at radius 3 is 2.41 bits per heavy atom. The van der Waals surface area contributed by atoms with Crippen molar-refractivity contribution >= 4 is 15.9 Å². The smallest absolute Gasteiger partial charge is 0.223 e. The van der Waals surface area contributed by atoms with Crippen LogP contribution in [0.4, 0.5) is 0 Å². The first-order chi connectivity index (χ1) is 12.8. The van der Waals surface area contributed by atoms with Crippen LogP contribution in [-0.4, -0.2) is 75.2 Å². The summed E-state index contributed by atoms with van der Waals surface area (Å²) in [7, 11) is -1.72. The number of methoxy groups -OCH3 is 1. The Morgan fingerprint density at radius 2 is 1.85 bits per heavy atom. The van der Waals surface area contributed by atoms with Crippen molar-refractivity contribution in [2.45, 2.75) is 32.7 Å². The summed E-state index contributed by atoms with van der Waals surface area (Å²) < 4.78 is 31.7. The molecule has 1 amide bonds. The first kappa shape index (κ1) is 21.7. The van der Waals surface area contributed by atoms with Crippen LogP contribution in [0.2, 0.25) is 0 Å². The summed E-state index contributed by atoms with van der Waals surface area (Å²) in [5.74, 6) is 0.739. The van der Waals surface area contributed by atoms with Crippen molar-refractivity contribution in [3.8, 4) is 5.75 Å². The molecule has 0 atom stereocenters. The molecule has 1 aromatic carbocycles. The van der Waals surface area contributed by atoms with Crippen molar-refractivity contribution in [3.05, 3.63) is 29.8 Å². The van der Waals surface area contributed by atoms with Crippen LogP contribution in [0.1, 0.15) is 25.8 Å². The van der Waals surface area contributed by atoms with Gasteiger partial charge >= 0.3 is 0 Å². The quantitative estimate of drug-likeness (QED) is 0.675. The standard InChI is InChI=1S/C19H31N3O4S/c1-16(2)22(14-15-27(24,25)21-12-10-20-11-13-21)19(23)9-6-17-4-7-18(26-3)8-5-17/h4-5,7-8,16,20H,6,9-15H2,1-3H3. The molecule has 0 radical (unpaired) electrons. The molecule has 1 fully saturated rings. The average molecular weight is 398 g/mol. The molecule has 1 saturated heterocycles. The molecule has 2 rings (SSSR count). The number of carbonyl (C=O) groups is 1. The minimum atomic E-state index is -3.33. The van der Waals surface area contributed by atoms with E-state index in [0.717, 1.165) is 11.3 Å². The molecule has 8 heteroatoms. The van der Waals surface area contributed by atoms with Gasteiger partial charge in [-0.1, -0.05) is 12.1 Å². The zero-order chi connectivity index (χ0) is 19.9. The second-order valence-corrected chi connectivity index (χ2v) is 9.08. The normalized spacial score (nSPS) is 15.7. The van der Waals surface area contributed by atoms with Gasteiger partial charge in [0.05, 0.1) is 12.9 Å². The fourth-order valence-electron chi connectivity index (χ4n) is 3.12. The number of amides is 1. The van der Waals surface area contributed by atoms with E-state index in [-0.39, 0.29) is 24.2 Å². The molecule has 0 bridgehead atoms. The van der Waals surface area contributed by atoms with Crippen molar-refractivity contribution in [2.24, 2.45) is 0 Å². The summed E-state index contributed by atoms with van der Waals surface area (Å²) in [6.45, 7) is 6.41. The zero-order valence-electron chi connectivity index (χ0n) is 16.5. The molecule has 0 saturated carbocycles. The topological polar surface area (TPSA) is 79.0 Å². The van der Waals surface area contributed by atoms with E-state index in [4.69, 9.17) is 4.74 Å². The molecule has 7 nitrogen and oxygen atoms in total. The van der Waals surface area contributed by atoms with Crippen LogP contribution < -0.4 is 10.1 Å². The van der Waals surface area contributed by atoms with Crippen LogP contribution in [0, 0.1) is 0 Å². The van der Waals surface area contributed by atoms with Crippen molar-refractivity contribution in [3.63, 3.8) is 0 Å². The number of rotatable bonds is 9. The molecule has 0 unspecified atom stereocenters. The fourth-order valence-corrected chi connectivity index (χ4v) is 4.55. The third-order valence-electron chi connectivity index (χ3n) is 4.79. The lowest BCUT2D eigenvalue weighted by Crippen LogP contribution is -2.49. The molecular weight excluding hydrogens is 366 g/mol. The van der Waals surface area contributed by atoms with Gasteiger partial charge in [0.25, 0.3) is 0 Å². The summed E-state index contributed by atoms with van der Waals surface area (Å²) in [4.78, 5) is 14.3. The lowest BCUT2D eigenvalue weighted by molar-refractivity contribution is -0.132. The van der Waals surface area contributed by atoms with E-state index in [0.29, 0.717) is 39.0 Å². The van der Waals surface area contributed by atoms with E-state index in [1.165, 1.54) is 4.31 Å². The van der Waals surface area contributed by atoms with Gasteiger partial charge in [0, 0.05) is 45.2 Å². The van der Waals surface area contributed by atoms with Crippen LogP contribution in [-0.2, 0) is 21.2 Å². The van der Waals surface area contributed by atoms with Crippen molar-refractivity contribution in [2.75, 3.05) is 45.6 Å². The minimum absolute atomic E-state index is 0.0173. The van der Waals surface area contributed by atoms with Crippen LogP contribution >= 0.6 is 0 Å². The number of ether oxygens (including phenoxy) is 1. The van der Waals surface area contributed by atoms with E-state index in [9.17, 15) is 13.2 Å². The molecular formula is C19H31N3O4S. The highest BCUT2D eigenvalue weighted by atomic mass is 32.2. The van der Waals surface area contributed by atoms with Gasteiger partial charge in [-0.25, -0.2) is 8.42 Å². The second kappa shape index (κ2) is 10.1. The Balaban J connectivity index is 1.89. The Morgan fingerprint density at radius 1 is 1.22 bits per heavy atom. The molecule has 1 heterocycles. The summed E-state index contributed by atoms with van der Waals surface area (Å²) in [6, 6.07) is 7.60. The summed E-state index contributed by atoms with van der Waals surface area (Å²) in [5, 5.41) is 3.15. The van der Waals surface area contributed by atoms with Crippen LogP contribution in [0.3, 0.4) is 0 Å². The number of hydrogen-bond acceptors (Lipinski definition) is 5. The maximum atomic E-state index is 12.7. The molecule has 1 aliphatic heterocycles. The highest BCUT2D eigenvalue weighted by Gasteiger charge is 2.26. The van der Waals surface area contributed by atoms with Crippen molar-refractivity contribution in [1.82, 2.24) is 14.5 Å². The third kappa shape index (κ3) is 6.48. The van der Waals surface area contributed by atoms with Crippen LogP contribution in [0.5, 0.6) is 5.75 Å². The van der Waals surface area contributed by atoms with E-state index < -0.39 is 10.0 Å². The van der Waals surface area contributed by atoms with E-state index in [1.807, 2.05) is 38.1 Å². The number of nitrogens with zero attached hydrogens (tertiary/aromatic N) is 2. The van der Waals surface area contributed by atoms with E-state index >= 15 is 0 Å². The molecule has 0 aromatic heterocycles. The molecule has 1 aromatic rings. The molecule has 0 spiro atoms. The first-order valence-electron chi connectivity index (χ1n) is 9.44. The van der Waals surface area contributed by atoms with Gasteiger partial charge in [0.1, 0.15) is 5.75 Å². The molecule has 0 aliphatic carbocycles. The van der Waals surface area contributed by atoms with Crippen LogP contribution in [0.15, 0.2) is 24.3 Å². The maximum absolute atomic E-state index is 12.7. The average Bonchev–Trinajstić information content (AvgIpc) is 2.67. The summed E-state index contributed by atoms with van der Waals surface area (Å²) in [5.41, 5.74) is 1.06. The van der Waals surface area contributed by atoms with Crippen LogP contribution in [0.25, 0.3) is 0 Å². The number of carbonyl (C=O) groups excluding carboxylic acids is 1. The van der Waals surface area contributed by atoms with Gasteiger partial charge in [-0.15, -0.1) is 0 Å². The monoisotopic (exact) mass is 397 g/mol. The van der Waals surface area contributed by atoms with Gasteiger partial charge in [-0.05, 0) is 38.0 Å². The van der Waals surface area contributed by atoms with Gasteiger partial charge < -0.3 is 15.0 Å². The highest BCUT2D eigenvalue weighted by Crippen LogP contribution is 2.14. The molecule has 152 valence electrons. The third-order valence-corrected chi connectivity index (χ3v) is 6.64. The maximum Gasteiger partial charge on any atom is 0.223 e. The number of benzene rings is 1. The number of sulfonamides is 1. The van der Waals surface area contributed by atoms with Crippen molar-refractivity contribution in [1.29, 1.82) is 0 Å². The predicted molar refractivity (Wildman–Crippen MR) is 106 cm³/mol. The molecule has 1 aliphatic rings. The summed E-state index contributed by atoms with van der Waals surface area (Å²) in [6.07, 6.45) is 0.981. The Bertz CT molecular complexity index is 698. The van der Waals surface area contributed by atoms with Crippen molar-refractivity contribution < 1.29 is 17.9 Å². The largest absolute Gasteiger partial charge is 0.497 e. The molecule has 1 N–H and O–H groups in total. The minimum Gasteiger partial charge on any atom is -0.497 e. The number of nitrogens with one attached hydrogen (secondary N) is 1. The first-order valence-corrected chi connectivity index (χ1v) is 11.1. The van der Waals surface area contributed by atoms with E-state index in [1.54, 1.807) is 12.0 Å². The Hall–Kier alpha value is -1.64. The zero-order valence-corrected chi connectivity index (χ0v) is 17.3. The number of piperazine rings is 1. The fraction of sp³-hybridized carbons (Fsp3) is 0.632. The Labute approximate surface area is 162 Å². The van der Waals surface area contributed by atoms with Gasteiger partial charge in [-0.2, -0.15) is 4.31 Å². The lowest BCUT2D eigenvalue weighted by atomic mass is 10.1. The van der Waals surface area contributed by atoms with Gasteiger partial charge in [-0.3, -0.25) is 4.79 Å². The number of hydrogen-bond donors (Lipinski definition) is 1. The summed E-state index contributed by atoms with van der Waals surface area (Å²) >= 11 is 0. The Kier molecular flexibility index (Phi) is 8.07. The number of aryl methyl sites for hydroxylation is 1. The SMILES string of the molecule is COc1ccc(CCC(=O)N(CCS(=O)(=O)N2CCNCC2)C(C)C)cc1. The second-order valence-electron chi connectivity index (χ2n) is 6.99. The lowest BCUT2D eigenvalue weighted by Gasteiger charge is -2.30. The highest BCUT2D eigenvalue weighted by molar-refractivity contribution is 7.89.